The third-order valence-electron chi connectivity index (χ3n) is 15.7. The van der Waals surface area contributed by atoms with Crippen molar-refractivity contribution >= 4 is 11.9 Å². The number of hydrogen-bond acceptors (Lipinski definition) is 5. The third kappa shape index (κ3) is 59.6. The lowest BCUT2D eigenvalue weighted by Gasteiger charge is -2.22. The summed E-state index contributed by atoms with van der Waals surface area (Å²) in [5.41, 5.74) is 0. The summed E-state index contributed by atoms with van der Waals surface area (Å²) in [6.07, 6.45) is 79.2. The molecule has 3 N–H and O–H groups in total. The fraction of sp³-hybridized carbons (Fsp3) is 0.912. The van der Waals surface area contributed by atoms with E-state index in [1.54, 1.807) is 0 Å². The number of carbonyl (C=O) groups excluding carboxylic acids is 2. The van der Waals surface area contributed by atoms with Crippen molar-refractivity contribution in [3.8, 4) is 0 Å². The number of amides is 1. The van der Waals surface area contributed by atoms with E-state index in [1.807, 2.05) is 0 Å². The van der Waals surface area contributed by atoms with Gasteiger partial charge in [-0.05, 0) is 77.0 Å². The Balaban J connectivity index is 3.41. The first-order chi connectivity index (χ1) is 36.5. The van der Waals surface area contributed by atoms with Gasteiger partial charge >= 0.3 is 5.97 Å². The Morgan fingerprint density at radius 2 is 0.635 bits per heavy atom. The molecule has 6 heteroatoms. The molecule has 0 saturated carbocycles. The van der Waals surface area contributed by atoms with Gasteiger partial charge < -0.3 is 20.3 Å². The van der Waals surface area contributed by atoms with Crippen LogP contribution in [-0.4, -0.2) is 47.4 Å². The lowest BCUT2D eigenvalue weighted by atomic mass is 10.0. The molecular formula is C68H131NO5. The first kappa shape index (κ1) is 72.3. The number of aliphatic hydroxyl groups excluding tert-OH is 2. The number of allylic oxidation sites excluding steroid dienone is 4. The Hall–Kier alpha value is -1.66. The van der Waals surface area contributed by atoms with Crippen molar-refractivity contribution in [2.75, 3.05) is 13.2 Å². The summed E-state index contributed by atoms with van der Waals surface area (Å²) in [4.78, 5) is 24.5. The number of aliphatic hydroxyl groups is 2. The second kappa shape index (κ2) is 63.9. The van der Waals surface area contributed by atoms with Gasteiger partial charge in [0, 0.05) is 12.8 Å². The average molecular weight is 1040 g/mol. The van der Waals surface area contributed by atoms with Crippen molar-refractivity contribution in [3.63, 3.8) is 0 Å². The van der Waals surface area contributed by atoms with Crippen LogP contribution in [0.4, 0.5) is 0 Å². The van der Waals surface area contributed by atoms with Crippen LogP contribution in [-0.2, 0) is 14.3 Å². The third-order valence-corrected chi connectivity index (χ3v) is 15.7. The predicted molar refractivity (Wildman–Crippen MR) is 324 cm³/mol. The molecule has 438 valence electrons. The second-order valence-electron chi connectivity index (χ2n) is 23.1. The van der Waals surface area contributed by atoms with Gasteiger partial charge in [-0.25, -0.2) is 0 Å². The highest BCUT2D eigenvalue weighted by Gasteiger charge is 2.20. The summed E-state index contributed by atoms with van der Waals surface area (Å²) >= 11 is 0. The van der Waals surface area contributed by atoms with Gasteiger partial charge in [0.05, 0.1) is 25.4 Å². The molecule has 0 saturated heterocycles. The number of carbonyl (C=O) groups is 2. The van der Waals surface area contributed by atoms with E-state index in [9.17, 15) is 19.8 Å². The fourth-order valence-corrected chi connectivity index (χ4v) is 10.6. The SMILES string of the molecule is CCCCC/C=C\CCCCCCCC(=O)OCCCCCCCCCCCCCC/C=C\CCCCCCCCCCC(=O)NC(CO)C(O)CCCCCCCCCCCCCCCCCCCCCCC. The molecule has 0 radical (unpaired) electrons. The zero-order valence-electron chi connectivity index (χ0n) is 50.1. The van der Waals surface area contributed by atoms with E-state index in [1.165, 1.54) is 295 Å². The minimum atomic E-state index is -0.668. The molecule has 1 amide bonds. The molecular weight excluding hydrogens is 911 g/mol. The number of ether oxygens (including phenoxy) is 1. The molecule has 2 atom stereocenters. The molecule has 0 fully saturated rings. The zero-order valence-corrected chi connectivity index (χ0v) is 50.1. The average Bonchev–Trinajstić information content (AvgIpc) is 3.40. The van der Waals surface area contributed by atoms with Gasteiger partial charge in [0.25, 0.3) is 0 Å². The van der Waals surface area contributed by atoms with Gasteiger partial charge in [-0.15, -0.1) is 0 Å². The molecule has 0 aromatic rings. The Labute approximate surface area is 462 Å². The first-order valence-electron chi connectivity index (χ1n) is 33.6. The van der Waals surface area contributed by atoms with Crippen molar-refractivity contribution in [3.05, 3.63) is 24.3 Å². The second-order valence-corrected chi connectivity index (χ2v) is 23.1. The van der Waals surface area contributed by atoms with Gasteiger partial charge in [0.2, 0.25) is 5.91 Å². The standard InChI is InChI=1S/C68H131NO5/c1-3-5-7-9-11-13-15-17-18-19-20-25-28-31-34-37-40-44-48-52-56-60-66(71)65(64-70)69-67(72)61-57-53-49-45-41-38-35-32-29-26-23-21-22-24-27-30-33-36-39-43-47-51-55-59-63-74-68(73)62-58-54-50-46-42-16-14-12-10-8-6-4-2/h12,14,23,26,65-66,70-71H,3-11,13,15-22,24-25,27-64H2,1-2H3,(H,69,72)/b14-12-,26-23-. The van der Waals surface area contributed by atoms with Crippen LogP contribution in [0.2, 0.25) is 0 Å². The minimum absolute atomic E-state index is 0.00303. The Kier molecular flexibility index (Phi) is 62.4. The van der Waals surface area contributed by atoms with E-state index < -0.39 is 12.1 Å². The minimum Gasteiger partial charge on any atom is -0.466 e. The Morgan fingerprint density at radius 1 is 0.365 bits per heavy atom. The molecule has 0 spiro atoms. The van der Waals surface area contributed by atoms with Gasteiger partial charge in [-0.2, -0.15) is 0 Å². The van der Waals surface area contributed by atoms with Crippen LogP contribution in [0.3, 0.4) is 0 Å². The van der Waals surface area contributed by atoms with Crippen LogP contribution >= 0.6 is 0 Å². The van der Waals surface area contributed by atoms with Crippen molar-refractivity contribution in [1.29, 1.82) is 0 Å². The van der Waals surface area contributed by atoms with E-state index in [-0.39, 0.29) is 18.5 Å². The van der Waals surface area contributed by atoms with E-state index in [2.05, 4.69) is 43.5 Å². The zero-order chi connectivity index (χ0) is 53.6. The molecule has 2 unspecified atom stereocenters. The molecule has 0 aromatic heterocycles. The molecule has 0 bridgehead atoms. The fourth-order valence-electron chi connectivity index (χ4n) is 10.6. The molecule has 6 nitrogen and oxygen atoms in total. The summed E-state index contributed by atoms with van der Waals surface area (Å²) in [5.74, 6) is -0.0326. The Bertz CT molecular complexity index is 1150. The van der Waals surface area contributed by atoms with Crippen LogP contribution in [0.1, 0.15) is 373 Å². The molecule has 0 aliphatic rings. The molecule has 0 aliphatic heterocycles. The highest BCUT2D eigenvalue weighted by molar-refractivity contribution is 5.76. The van der Waals surface area contributed by atoms with Gasteiger partial charge in [-0.3, -0.25) is 9.59 Å². The monoisotopic (exact) mass is 1040 g/mol. The topological polar surface area (TPSA) is 95.9 Å². The molecule has 74 heavy (non-hydrogen) atoms. The maximum atomic E-state index is 12.5. The van der Waals surface area contributed by atoms with E-state index in [4.69, 9.17) is 4.74 Å². The normalized spacial score (nSPS) is 12.6. The largest absolute Gasteiger partial charge is 0.466 e. The molecule has 0 aromatic carbocycles. The predicted octanol–water partition coefficient (Wildman–Crippen LogP) is 21.4. The smallest absolute Gasteiger partial charge is 0.305 e. The molecule has 0 aliphatic carbocycles. The van der Waals surface area contributed by atoms with Crippen LogP contribution in [0.15, 0.2) is 24.3 Å². The molecule has 0 heterocycles. The molecule has 0 rings (SSSR count). The van der Waals surface area contributed by atoms with Crippen molar-refractivity contribution in [2.24, 2.45) is 0 Å². The van der Waals surface area contributed by atoms with Crippen LogP contribution in [0.25, 0.3) is 0 Å². The van der Waals surface area contributed by atoms with E-state index in [0.717, 1.165) is 44.9 Å². The summed E-state index contributed by atoms with van der Waals surface area (Å²) < 4.78 is 5.47. The number of unbranched alkanes of at least 4 members (excludes halogenated alkanes) is 48. The summed E-state index contributed by atoms with van der Waals surface area (Å²) in [7, 11) is 0. The highest BCUT2D eigenvalue weighted by atomic mass is 16.5. The van der Waals surface area contributed by atoms with Crippen molar-refractivity contribution in [1.82, 2.24) is 5.32 Å². The van der Waals surface area contributed by atoms with Gasteiger partial charge in [0.15, 0.2) is 0 Å². The maximum Gasteiger partial charge on any atom is 0.305 e. The summed E-state index contributed by atoms with van der Waals surface area (Å²) in [5, 5.41) is 23.4. The maximum absolute atomic E-state index is 12.5. The van der Waals surface area contributed by atoms with Gasteiger partial charge in [-0.1, -0.05) is 308 Å². The number of hydrogen-bond donors (Lipinski definition) is 3. The lowest BCUT2D eigenvalue weighted by Crippen LogP contribution is -2.45. The quantitative estimate of drug-likeness (QED) is 0.0320. The first-order valence-corrected chi connectivity index (χ1v) is 33.6. The van der Waals surface area contributed by atoms with E-state index >= 15 is 0 Å². The van der Waals surface area contributed by atoms with Gasteiger partial charge in [0.1, 0.15) is 0 Å². The van der Waals surface area contributed by atoms with Crippen molar-refractivity contribution in [2.45, 2.75) is 386 Å². The lowest BCUT2D eigenvalue weighted by molar-refractivity contribution is -0.143. The Morgan fingerprint density at radius 3 is 0.986 bits per heavy atom. The summed E-state index contributed by atoms with van der Waals surface area (Å²) in [6.45, 7) is 4.95. The van der Waals surface area contributed by atoms with Crippen molar-refractivity contribution < 1.29 is 24.5 Å². The van der Waals surface area contributed by atoms with Crippen LogP contribution in [0, 0.1) is 0 Å². The highest BCUT2D eigenvalue weighted by Crippen LogP contribution is 2.18. The summed E-state index contributed by atoms with van der Waals surface area (Å²) in [6, 6.07) is -0.546. The number of nitrogens with one attached hydrogen (secondary N) is 1. The number of esters is 1. The van der Waals surface area contributed by atoms with Crippen LogP contribution < -0.4 is 5.32 Å². The van der Waals surface area contributed by atoms with Crippen LogP contribution in [0.5, 0.6) is 0 Å². The number of rotatable bonds is 63. The van der Waals surface area contributed by atoms with E-state index in [0.29, 0.717) is 25.9 Å².